The van der Waals surface area contributed by atoms with E-state index < -0.39 is 0 Å². The molecule has 1 rings (SSSR count). The summed E-state index contributed by atoms with van der Waals surface area (Å²) in [6, 6.07) is 4.80. The molecule has 0 saturated carbocycles. The van der Waals surface area contributed by atoms with E-state index in [2.05, 4.69) is 19.2 Å². The standard InChI is InChI=1S/C16H26FNO2/c1-12(18-11-16(2,3)9-10-19-4)15-13(17)7-6-8-14(15)20-5/h6-8,12,18H,9-11H2,1-5H3. The molecule has 1 atom stereocenters. The Hall–Kier alpha value is -1.13. The Balaban J connectivity index is 2.70. The predicted octanol–water partition coefficient (Wildman–Crippen LogP) is 3.55. The number of halogens is 1. The molecule has 1 N–H and O–H groups in total. The highest BCUT2D eigenvalue weighted by Crippen LogP contribution is 2.28. The van der Waals surface area contributed by atoms with Gasteiger partial charge >= 0.3 is 0 Å². The number of nitrogens with one attached hydrogen (secondary N) is 1. The fourth-order valence-corrected chi connectivity index (χ4v) is 2.11. The van der Waals surface area contributed by atoms with Gasteiger partial charge in [-0.3, -0.25) is 0 Å². The molecule has 0 aromatic heterocycles. The maximum atomic E-state index is 14.0. The fourth-order valence-electron chi connectivity index (χ4n) is 2.11. The quantitative estimate of drug-likeness (QED) is 0.791. The van der Waals surface area contributed by atoms with Crippen molar-refractivity contribution in [1.82, 2.24) is 5.32 Å². The molecular weight excluding hydrogens is 257 g/mol. The summed E-state index contributed by atoms with van der Waals surface area (Å²) >= 11 is 0. The minimum absolute atomic E-state index is 0.1000. The zero-order valence-electron chi connectivity index (χ0n) is 13.1. The van der Waals surface area contributed by atoms with Crippen LogP contribution in [0, 0.1) is 11.2 Å². The first kappa shape index (κ1) is 16.9. The van der Waals surface area contributed by atoms with Crippen LogP contribution in [0.25, 0.3) is 0 Å². The van der Waals surface area contributed by atoms with Crippen molar-refractivity contribution in [3.8, 4) is 5.75 Å². The summed E-state index contributed by atoms with van der Waals surface area (Å²) in [5.41, 5.74) is 0.681. The third-order valence-electron chi connectivity index (χ3n) is 3.54. The molecule has 0 saturated heterocycles. The van der Waals surface area contributed by atoms with E-state index in [0.717, 1.165) is 19.6 Å². The first-order valence-corrected chi connectivity index (χ1v) is 6.96. The molecule has 20 heavy (non-hydrogen) atoms. The average Bonchev–Trinajstić information content (AvgIpc) is 2.42. The third-order valence-corrected chi connectivity index (χ3v) is 3.54. The normalized spacial score (nSPS) is 13.3. The molecule has 1 unspecified atom stereocenters. The van der Waals surface area contributed by atoms with E-state index in [0.29, 0.717) is 11.3 Å². The summed E-state index contributed by atoms with van der Waals surface area (Å²) in [5, 5.41) is 3.39. The Morgan fingerprint density at radius 2 is 2.00 bits per heavy atom. The number of hydrogen-bond donors (Lipinski definition) is 1. The largest absolute Gasteiger partial charge is 0.496 e. The molecule has 1 aromatic carbocycles. The molecule has 0 fully saturated rings. The zero-order valence-corrected chi connectivity index (χ0v) is 13.1. The summed E-state index contributed by atoms with van der Waals surface area (Å²) in [5.74, 6) is 0.346. The summed E-state index contributed by atoms with van der Waals surface area (Å²) in [4.78, 5) is 0. The molecule has 4 heteroatoms. The van der Waals surface area contributed by atoms with Gasteiger partial charge in [0.05, 0.1) is 7.11 Å². The van der Waals surface area contributed by atoms with Gasteiger partial charge in [0.2, 0.25) is 0 Å². The highest BCUT2D eigenvalue weighted by Gasteiger charge is 2.21. The van der Waals surface area contributed by atoms with Crippen molar-refractivity contribution >= 4 is 0 Å². The molecule has 0 aliphatic heterocycles. The Morgan fingerprint density at radius 1 is 1.30 bits per heavy atom. The van der Waals surface area contributed by atoms with Gasteiger partial charge in [-0.2, -0.15) is 0 Å². The van der Waals surface area contributed by atoms with Crippen LogP contribution in [0.3, 0.4) is 0 Å². The lowest BCUT2D eigenvalue weighted by atomic mass is 9.89. The topological polar surface area (TPSA) is 30.5 Å². The first-order valence-electron chi connectivity index (χ1n) is 6.96. The lowest BCUT2D eigenvalue weighted by Gasteiger charge is -2.27. The maximum absolute atomic E-state index is 14.0. The minimum Gasteiger partial charge on any atom is -0.496 e. The molecule has 0 radical (unpaired) electrons. The molecule has 0 amide bonds. The molecule has 0 spiro atoms. The summed E-state index contributed by atoms with van der Waals surface area (Å²) in [7, 11) is 3.27. The number of hydrogen-bond acceptors (Lipinski definition) is 3. The van der Waals surface area contributed by atoms with Crippen molar-refractivity contribution in [2.45, 2.75) is 33.2 Å². The Labute approximate surface area is 121 Å². The second-order valence-electron chi connectivity index (χ2n) is 5.87. The second kappa shape index (κ2) is 7.60. The summed E-state index contributed by atoms with van der Waals surface area (Å²) in [6.07, 6.45) is 0.956. The van der Waals surface area contributed by atoms with Gasteiger partial charge in [-0.05, 0) is 30.9 Å². The van der Waals surface area contributed by atoms with Crippen molar-refractivity contribution in [3.05, 3.63) is 29.6 Å². The molecular formula is C16H26FNO2. The molecule has 0 aliphatic carbocycles. The monoisotopic (exact) mass is 283 g/mol. The van der Waals surface area contributed by atoms with Crippen molar-refractivity contribution in [3.63, 3.8) is 0 Å². The van der Waals surface area contributed by atoms with Crippen LogP contribution in [0.1, 0.15) is 38.8 Å². The van der Waals surface area contributed by atoms with Crippen molar-refractivity contribution < 1.29 is 13.9 Å². The molecule has 114 valence electrons. The molecule has 3 nitrogen and oxygen atoms in total. The van der Waals surface area contributed by atoms with Crippen LogP contribution in [0.15, 0.2) is 18.2 Å². The van der Waals surface area contributed by atoms with Gasteiger partial charge in [-0.15, -0.1) is 0 Å². The van der Waals surface area contributed by atoms with Gasteiger partial charge in [0.25, 0.3) is 0 Å². The van der Waals surface area contributed by atoms with Crippen molar-refractivity contribution in [1.29, 1.82) is 0 Å². The van der Waals surface area contributed by atoms with Gasteiger partial charge in [0, 0.05) is 31.9 Å². The lowest BCUT2D eigenvalue weighted by molar-refractivity contribution is 0.149. The van der Waals surface area contributed by atoms with Gasteiger partial charge in [-0.25, -0.2) is 4.39 Å². The maximum Gasteiger partial charge on any atom is 0.131 e. The van der Waals surface area contributed by atoms with Crippen LogP contribution >= 0.6 is 0 Å². The van der Waals surface area contributed by atoms with Gasteiger partial charge in [-0.1, -0.05) is 19.9 Å². The van der Waals surface area contributed by atoms with Crippen LogP contribution in [0.5, 0.6) is 5.75 Å². The number of rotatable bonds is 8. The van der Waals surface area contributed by atoms with E-state index in [1.165, 1.54) is 6.07 Å². The highest BCUT2D eigenvalue weighted by molar-refractivity contribution is 5.36. The number of methoxy groups -OCH3 is 2. The minimum atomic E-state index is -0.237. The number of benzene rings is 1. The van der Waals surface area contributed by atoms with E-state index in [-0.39, 0.29) is 17.3 Å². The van der Waals surface area contributed by atoms with Crippen LogP contribution in [0.2, 0.25) is 0 Å². The molecule has 0 heterocycles. The van der Waals surface area contributed by atoms with Crippen LogP contribution in [0.4, 0.5) is 4.39 Å². The van der Waals surface area contributed by atoms with Gasteiger partial charge in [0.1, 0.15) is 11.6 Å². The van der Waals surface area contributed by atoms with Crippen molar-refractivity contribution in [2.75, 3.05) is 27.4 Å². The lowest BCUT2D eigenvalue weighted by Crippen LogP contribution is -2.32. The van der Waals surface area contributed by atoms with E-state index >= 15 is 0 Å². The Bertz CT molecular complexity index is 421. The Morgan fingerprint density at radius 3 is 2.60 bits per heavy atom. The SMILES string of the molecule is COCCC(C)(C)CNC(C)c1c(F)cccc1OC. The fraction of sp³-hybridized carbons (Fsp3) is 0.625. The highest BCUT2D eigenvalue weighted by atomic mass is 19.1. The van der Waals surface area contributed by atoms with E-state index in [4.69, 9.17) is 9.47 Å². The molecule has 0 bridgehead atoms. The average molecular weight is 283 g/mol. The van der Waals surface area contributed by atoms with E-state index in [1.54, 1.807) is 26.4 Å². The van der Waals surface area contributed by atoms with E-state index in [1.807, 2.05) is 6.92 Å². The zero-order chi connectivity index (χ0) is 15.2. The predicted molar refractivity (Wildman–Crippen MR) is 79.6 cm³/mol. The second-order valence-corrected chi connectivity index (χ2v) is 5.87. The Kier molecular flexibility index (Phi) is 6.43. The smallest absolute Gasteiger partial charge is 0.131 e. The molecule has 1 aromatic rings. The third kappa shape index (κ3) is 4.76. The number of ether oxygens (including phenoxy) is 2. The van der Waals surface area contributed by atoms with Crippen molar-refractivity contribution in [2.24, 2.45) is 5.41 Å². The van der Waals surface area contributed by atoms with Crippen LogP contribution in [-0.4, -0.2) is 27.4 Å². The van der Waals surface area contributed by atoms with E-state index in [9.17, 15) is 4.39 Å². The summed E-state index contributed by atoms with van der Waals surface area (Å²) in [6.45, 7) is 7.81. The van der Waals surface area contributed by atoms with Crippen LogP contribution in [-0.2, 0) is 4.74 Å². The van der Waals surface area contributed by atoms with Crippen LogP contribution < -0.4 is 10.1 Å². The summed E-state index contributed by atoms with van der Waals surface area (Å²) < 4.78 is 24.3. The first-order chi connectivity index (χ1) is 9.41. The molecule has 0 aliphatic rings. The van der Waals surface area contributed by atoms with Gasteiger partial charge in [0.15, 0.2) is 0 Å². The van der Waals surface area contributed by atoms with Gasteiger partial charge < -0.3 is 14.8 Å².